The van der Waals surface area contributed by atoms with Gasteiger partial charge < -0.3 is 4.90 Å². The summed E-state index contributed by atoms with van der Waals surface area (Å²) in [5, 5.41) is 3.62. The van der Waals surface area contributed by atoms with Gasteiger partial charge in [0.2, 0.25) is 0 Å². The van der Waals surface area contributed by atoms with Gasteiger partial charge in [-0.25, -0.2) is 4.98 Å². The Morgan fingerprint density at radius 3 is 1.23 bits per heavy atom. The average Bonchev–Trinajstić information content (AvgIpc) is 3.30. The molecule has 0 amide bonds. The van der Waals surface area contributed by atoms with Crippen molar-refractivity contribution in [2.24, 2.45) is 0 Å². The monoisotopic (exact) mass is 726 g/mol. The first-order valence-electron chi connectivity index (χ1n) is 19.5. The van der Waals surface area contributed by atoms with Crippen molar-refractivity contribution < 1.29 is 0 Å². The maximum Gasteiger partial charge on any atom is 0.0715 e. The van der Waals surface area contributed by atoms with Gasteiger partial charge in [0.15, 0.2) is 0 Å². The van der Waals surface area contributed by atoms with E-state index < -0.39 is 0 Å². The minimum atomic E-state index is 0.949. The number of benzene rings is 9. The van der Waals surface area contributed by atoms with Gasteiger partial charge in [0.05, 0.1) is 11.2 Å². The Morgan fingerprint density at radius 2 is 0.684 bits per heavy atom. The van der Waals surface area contributed by atoms with Crippen LogP contribution in [0.1, 0.15) is 0 Å². The van der Waals surface area contributed by atoms with Crippen LogP contribution in [0.4, 0.5) is 17.1 Å². The Hall–Kier alpha value is -7.55. The Bertz CT molecular complexity index is 2950. The van der Waals surface area contributed by atoms with Crippen molar-refractivity contribution in [3.8, 4) is 55.8 Å². The van der Waals surface area contributed by atoms with Crippen molar-refractivity contribution in [1.29, 1.82) is 0 Å². The van der Waals surface area contributed by atoms with Gasteiger partial charge in [0.25, 0.3) is 0 Å². The van der Waals surface area contributed by atoms with Gasteiger partial charge in [-0.3, -0.25) is 0 Å². The average molecular weight is 727 g/mol. The van der Waals surface area contributed by atoms with Gasteiger partial charge >= 0.3 is 0 Å². The first-order chi connectivity index (χ1) is 28.2. The summed E-state index contributed by atoms with van der Waals surface area (Å²) in [6.07, 6.45) is 0. The minimum Gasteiger partial charge on any atom is -0.311 e. The standard InChI is InChI=1S/C55H38N2/c1-3-12-39(13-4-1)41-22-24-42(25-23-41)44-28-34-48(35-29-44)57(47-32-26-43(27-33-47)40-14-5-2-6-15-40)49-36-30-46(31-37-49)55-38-53(52-19-9-10-21-54(52)56-55)51-20-11-17-45-16-7-8-18-50(45)51/h1-38H. The fourth-order valence-electron chi connectivity index (χ4n) is 7.96. The first kappa shape index (κ1) is 34.0. The maximum absolute atomic E-state index is 5.19. The van der Waals surface area contributed by atoms with Crippen molar-refractivity contribution in [3.05, 3.63) is 231 Å². The van der Waals surface area contributed by atoms with Crippen LogP contribution in [-0.2, 0) is 0 Å². The lowest BCUT2D eigenvalue weighted by Crippen LogP contribution is -2.09. The Morgan fingerprint density at radius 1 is 0.281 bits per heavy atom. The van der Waals surface area contributed by atoms with E-state index in [0.29, 0.717) is 0 Å². The van der Waals surface area contributed by atoms with Gasteiger partial charge in [-0.1, -0.05) is 182 Å². The molecule has 9 aromatic carbocycles. The van der Waals surface area contributed by atoms with Gasteiger partial charge in [-0.05, 0) is 104 Å². The molecule has 0 saturated heterocycles. The van der Waals surface area contributed by atoms with Gasteiger partial charge in [0.1, 0.15) is 0 Å². The molecule has 0 aliphatic rings. The second-order valence-corrected chi connectivity index (χ2v) is 14.4. The molecule has 0 saturated carbocycles. The van der Waals surface area contributed by atoms with Crippen molar-refractivity contribution >= 4 is 38.7 Å². The Balaban J connectivity index is 1.02. The molecule has 2 heteroatoms. The van der Waals surface area contributed by atoms with E-state index in [1.165, 1.54) is 55.3 Å². The zero-order valence-electron chi connectivity index (χ0n) is 31.3. The van der Waals surface area contributed by atoms with Crippen LogP contribution >= 0.6 is 0 Å². The van der Waals surface area contributed by atoms with Gasteiger partial charge in [0, 0.05) is 28.0 Å². The summed E-state index contributed by atoms with van der Waals surface area (Å²) in [5.74, 6) is 0. The Kier molecular flexibility index (Phi) is 8.91. The third-order valence-electron chi connectivity index (χ3n) is 10.9. The van der Waals surface area contributed by atoms with Crippen molar-refractivity contribution in [2.75, 3.05) is 4.90 Å². The van der Waals surface area contributed by atoms with Crippen LogP contribution in [0.5, 0.6) is 0 Å². The molecule has 1 aromatic heterocycles. The van der Waals surface area contributed by atoms with E-state index in [1.54, 1.807) is 0 Å². The van der Waals surface area contributed by atoms with Crippen LogP contribution < -0.4 is 4.90 Å². The molecule has 0 aliphatic heterocycles. The summed E-state index contributed by atoms with van der Waals surface area (Å²) >= 11 is 0. The van der Waals surface area contributed by atoms with Crippen LogP contribution in [0.15, 0.2) is 231 Å². The summed E-state index contributed by atoms with van der Waals surface area (Å²) in [7, 11) is 0. The number of para-hydroxylation sites is 1. The number of rotatable bonds is 8. The third-order valence-corrected chi connectivity index (χ3v) is 10.9. The van der Waals surface area contributed by atoms with E-state index in [2.05, 4.69) is 235 Å². The fourth-order valence-corrected chi connectivity index (χ4v) is 7.96. The molecule has 0 spiro atoms. The highest BCUT2D eigenvalue weighted by Crippen LogP contribution is 2.40. The zero-order chi connectivity index (χ0) is 38.0. The number of hydrogen-bond donors (Lipinski definition) is 0. The largest absolute Gasteiger partial charge is 0.311 e. The molecule has 268 valence electrons. The molecule has 10 aromatic rings. The lowest BCUT2D eigenvalue weighted by molar-refractivity contribution is 1.28. The molecule has 0 N–H and O–H groups in total. The summed E-state index contributed by atoms with van der Waals surface area (Å²) in [6, 6.07) is 82.4. The molecule has 0 atom stereocenters. The third kappa shape index (κ3) is 6.75. The molecule has 0 bridgehead atoms. The van der Waals surface area contributed by atoms with Crippen LogP contribution in [0.25, 0.3) is 77.4 Å². The van der Waals surface area contributed by atoms with E-state index in [0.717, 1.165) is 39.2 Å². The van der Waals surface area contributed by atoms with E-state index in [-0.39, 0.29) is 0 Å². The fraction of sp³-hybridized carbons (Fsp3) is 0. The molecular weight excluding hydrogens is 689 g/mol. The van der Waals surface area contributed by atoms with Crippen molar-refractivity contribution in [3.63, 3.8) is 0 Å². The molecule has 2 nitrogen and oxygen atoms in total. The highest BCUT2D eigenvalue weighted by atomic mass is 15.1. The highest BCUT2D eigenvalue weighted by Gasteiger charge is 2.16. The minimum absolute atomic E-state index is 0.949. The summed E-state index contributed by atoms with van der Waals surface area (Å²) < 4.78 is 0. The van der Waals surface area contributed by atoms with Crippen molar-refractivity contribution in [2.45, 2.75) is 0 Å². The topological polar surface area (TPSA) is 16.1 Å². The van der Waals surface area contributed by atoms with Crippen LogP contribution in [-0.4, -0.2) is 4.98 Å². The summed E-state index contributed by atoms with van der Waals surface area (Å²) in [5.41, 5.74) is 15.8. The van der Waals surface area contributed by atoms with Gasteiger partial charge in [-0.2, -0.15) is 0 Å². The van der Waals surface area contributed by atoms with Gasteiger partial charge in [-0.15, -0.1) is 0 Å². The molecule has 10 rings (SSSR count). The molecular formula is C55H38N2. The molecule has 0 aliphatic carbocycles. The lowest BCUT2D eigenvalue weighted by atomic mass is 9.94. The van der Waals surface area contributed by atoms with E-state index in [9.17, 15) is 0 Å². The number of fused-ring (bicyclic) bond motifs is 2. The normalized spacial score (nSPS) is 11.2. The number of hydrogen-bond acceptors (Lipinski definition) is 2. The first-order valence-corrected chi connectivity index (χ1v) is 19.5. The molecule has 0 fully saturated rings. The number of aromatic nitrogens is 1. The van der Waals surface area contributed by atoms with Crippen LogP contribution in [0.3, 0.4) is 0 Å². The summed E-state index contributed by atoms with van der Waals surface area (Å²) in [4.78, 5) is 7.52. The molecule has 57 heavy (non-hydrogen) atoms. The summed E-state index contributed by atoms with van der Waals surface area (Å²) in [6.45, 7) is 0. The predicted molar refractivity (Wildman–Crippen MR) is 241 cm³/mol. The zero-order valence-corrected chi connectivity index (χ0v) is 31.3. The second kappa shape index (κ2) is 14.9. The smallest absolute Gasteiger partial charge is 0.0715 e. The van der Waals surface area contributed by atoms with Crippen molar-refractivity contribution in [1.82, 2.24) is 4.98 Å². The van der Waals surface area contributed by atoms with E-state index >= 15 is 0 Å². The predicted octanol–water partition coefficient (Wildman–Crippen LogP) is 15.2. The molecule has 1 heterocycles. The van der Waals surface area contributed by atoms with E-state index in [1.807, 2.05) is 0 Å². The number of pyridine rings is 1. The maximum atomic E-state index is 5.19. The second-order valence-electron chi connectivity index (χ2n) is 14.4. The molecule has 0 radical (unpaired) electrons. The molecule has 0 unspecified atom stereocenters. The SMILES string of the molecule is c1ccc(-c2ccc(-c3ccc(N(c4ccc(-c5ccccc5)cc4)c4ccc(-c5cc(-c6cccc7ccccc67)c6ccccc6n5)cc4)cc3)cc2)cc1. The Labute approximate surface area is 333 Å². The van der Waals surface area contributed by atoms with Crippen LogP contribution in [0, 0.1) is 0 Å². The quantitative estimate of drug-likeness (QED) is 0.155. The van der Waals surface area contributed by atoms with E-state index in [4.69, 9.17) is 4.98 Å². The van der Waals surface area contributed by atoms with Crippen LogP contribution in [0.2, 0.25) is 0 Å². The number of anilines is 3. The number of nitrogens with zero attached hydrogens (tertiary/aromatic N) is 2. The lowest BCUT2D eigenvalue weighted by Gasteiger charge is -2.26. The highest BCUT2D eigenvalue weighted by molar-refractivity contribution is 6.05.